The van der Waals surface area contributed by atoms with Crippen molar-refractivity contribution in [1.82, 2.24) is 4.90 Å². The Hall–Kier alpha value is -0.120. The number of aliphatic hydroxyl groups is 1. The van der Waals surface area contributed by atoms with Crippen molar-refractivity contribution in [2.45, 2.75) is 58.7 Å². The molecule has 15 heavy (non-hydrogen) atoms. The van der Waals surface area contributed by atoms with Crippen molar-refractivity contribution in [1.29, 1.82) is 0 Å². The van der Waals surface area contributed by atoms with E-state index in [4.69, 9.17) is 5.73 Å². The summed E-state index contributed by atoms with van der Waals surface area (Å²) < 4.78 is 0. The van der Waals surface area contributed by atoms with E-state index in [-0.39, 0.29) is 0 Å². The van der Waals surface area contributed by atoms with Gasteiger partial charge in [0.2, 0.25) is 0 Å². The number of nitrogens with two attached hydrogens (primary N) is 1. The van der Waals surface area contributed by atoms with Crippen LogP contribution in [0.4, 0.5) is 0 Å². The van der Waals surface area contributed by atoms with Crippen LogP contribution in [0.1, 0.15) is 41.0 Å². The highest BCUT2D eigenvalue weighted by molar-refractivity contribution is 4.82. The van der Waals surface area contributed by atoms with E-state index in [0.717, 1.165) is 6.42 Å². The van der Waals surface area contributed by atoms with E-state index in [9.17, 15) is 5.11 Å². The van der Waals surface area contributed by atoms with Gasteiger partial charge >= 0.3 is 0 Å². The summed E-state index contributed by atoms with van der Waals surface area (Å²) in [7, 11) is 2.11. The lowest BCUT2D eigenvalue weighted by molar-refractivity contribution is 0.0227. The average Bonchev–Trinajstić information content (AvgIpc) is 2.14. The predicted molar refractivity (Wildman–Crippen MR) is 65.8 cm³/mol. The van der Waals surface area contributed by atoms with Crippen LogP contribution < -0.4 is 5.73 Å². The number of hydrogen-bond donors (Lipinski definition) is 2. The molecule has 3 N–H and O–H groups in total. The van der Waals surface area contributed by atoms with Crippen LogP contribution in [0.5, 0.6) is 0 Å². The molecule has 0 saturated carbocycles. The Morgan fingerprint density at radius 3 is 2.07 bits per heavy atom. The molecule has 0 saturated heterocycles. The van der Waals surface area contributed by atoms with Gasteiger partial charge < -0.3 is 15.7 Å². The maximum atomic E-state index is 9.91. The third-order valence-electron chi connectivity index (χ3n) is 3.48. The fourth-order valence-electron chi connectivity index (χ4n) is 1.74. The zero-order chi connectivity index (χ0) is 12.2. The fourth-order valence-corrected chi connectivity index (χ4v) is 1.74. The van der Waals surface area contributed by atoms with Gasteiger partial charge in [-0.25, -0.2) is 0 Å². The SMILES string of the molecule is CC(C)C(C)N(C)C(C)CC(C)(O)CN. The maximum absolute atomic E-state index is 9.91. The summed E-state index contributed by atoms with van der Waals surface area (Å²) >= 11 is 0. The van der Waals surface area contributed by atoms with E-state index in [1.165, 1.54) is 0 Å². The van der Waals surface area contributed by atoms with Crippen LogP contribution in [-0.2, 0) is 0 Å². The normalized spacial score (nSPS) is 20.4. The first kappa shape index (κ1) is 14.9. The molecule has 0 heterocycles. The summed E-state index contributed by atoms with van der Waals surface area (Å²) in [6.45, 7) is 10.9. The van der Waals surface area contributed by atoms with Gasteiger partial charge in [-0.05, 0) is 40.2 Å². The van der Waals surface area contributed by atoms with E-state index in [1.807, 2.05) is 0 Å². The van der Waals surface area contributed by atoms with E-state index in [0.29, 0.717) is 24.5 Å². The summed E-state index contributed by atoms with van der Waals surface area (Å²) in [5.41, 5.74) is 4.78. The molecule has 0 aromatic rings. The van der Waals surface area contributed by atoms with Gasteiger partial charge in [0.05, 0.1) is 5.60 Å². The monoisotopic (exact) mass is 216 g/mol. The molecular formula is C12H28N2O. The first-order chi connectivity index (χ1) is 6.71. The zero-order valence-electron chi connectivity index (χ0n) is 11.1. The largest absolute Gasteiger partial charge is 0.389 e. The van der Waals surface area contributed by atoms with Crippen LogP contribution in [0.15, 0.2) is 0 Å². The van der Waals surface area contributed by atoms with Crippen molar-refractivity contribution >= 4 is 0 Å². The average molecular weight is 216 g/mol. The first-order valence-electron chi connectivity index (χ1n) is 5.85. The van der Waals surface area contributed by atoms with Gasteiger partial charge in [0.1, 0.15) is 0 Å². The van der Waals surface area contributed by atoms with E-state index in [1.54, 1.807) is 6.92 Å². The molecule has 0 spiro atoms. The molecule has 0 amide bonds. The summed E-state index contributed by atoms with van der Waals surface area (Å²) in [5, 5.41) is 9.91. The molecule has 0 aromatic carbocycles. The van der Waals surface area contributed by atoms with Gasteiger partial charge in [-0.3, -0.25) is 0 Å². The molecule has 0 aliphatic rings. The molecule has 0 fully saturated rings. The Morgan fingerprint density at radius 1 is 1.27 bits per heavy atom. The van der Waals surface area contributed by atoms with Crippen molar-refractivity contribution in [3.63, 3.8) is 0 Å². The number of hydrogen-bond acceptors (Lipinski definition) is 3. The maximum Gasteiger partial charge on any atom is 0.0756 e. The van der Waals surface area contributed by atoms with Crippen molar-refractivity contribution in [3.05, 3.63) is 0 Å². The minimum absolute atomic E-state index is 0.321. The number of nitrogens with zero attached hydrogens (tertiary/aromatic N) is 1. The molecule has 0 aromatic heterocycles. The van der Waals surface area contributed by atoms with Gasteiger partial charge in [-0.15, -0.1) is 0 Å². The van der Waals surface area contributed by atoms with Crippen LogP contribution in [0, 0.1) is 5.92 Å². The first-order valence-corrected chi connectivity index (χ1v) is 5.85. The van der Waals surface area contributed by atoms with Gasteiger partial charge in [-0.1, -0.05) is 13.8 Å². The zero-order valence-corrected chi connectivity index (χ0v) is 11.1. The molecule has 0 rings (SSSR count). The minimum Gasteiger partial charge on any atom is -0.389 e. The van der Waals surface area contributed by atoms with Crippen molar-refractivity contribution in [2.24, 2.45) is 11.7 Å². The van der Waals surface area contributed by atoms with Crippen LogP contribution in [0.2, 0.25) is 0 Å². The van der Waals surface area contributed by atoms with Crippen molar-refractivity contribution < 1.29 is 5.11 Å². The van der Waals surface area contributed by atoms with Crippen LogP contribution >= 0.6 is 0 Å². The lowest BCUT2D eigenvalue weighted by Crippen LogP contribution is -2.46. The summed E-state index contributed by atoms with van der Waals surface area (Å²) in [6, 6.07) is 0.870. The molecule has 3 atom stereocenters. The van der Waals surface area contributed by atoms with Gasteiger partial charge in [-0.2, -0.15) is 0 Å². The fraction of sp³-hybridized carbons (Fsp3) is 1.00. The molecule has 0 aliphatic carbocycles. The van der Waals surface area contributed by atoms with Crippen LogP contribution in [0.3, 0.4) is 0 Å². The lowest BCUT2D eigenvalue weighted by Gasteiger charge is -2.36. The standard InChI is InChI=1S/C12H28N2O/c1-9(2)11(4)14(6)10(3)7-12(5,15)8-13/h9-11,15H,7-8,13H2,1-6H3. The Labute approximate surface area is 94.6 Å². The summed E-state index contributed by atoms with van der Waals surface area (Å²) in [5.74, 6) is 0.625. The third-order valence-corrected chi connectivity index (χ3v) is 3.48. The second-order valence-electron chi connectivity index (χ2n) is 5.40. The molecule has 0 aliphatic heterocycles. The lowest BCUT2D eigenvalue weighted by atomic mass is 9.95. The second-order valence-corrected chi connectivity index (χ2v) is 5.40. The van der Waals surface area contributed by atoms with Gasteiger partial charge in [0.25, 0.3) is 0 Å². The Kier molecular flexibility index (Phi) is 5.78. The van der Waals surface area contributed by atoms with Crippen LogP contribution in [-0.4, -0.2) is 41.3 Å². The third kappa shape index (κ3) is 4.96. The highest BCUT2D eigenvalue weighted by Gasteiger charge is 2.26. The summed E-state index contributed by atoms with van der Waals surface area (Å²) in [6.07, 6.45) is 0.719. The second kappa shape index (κ2) is 5.83. The van der Waals surface area contributed by atoms with E-state index < -0.39 is 5.60 Å². The Morgan fingerprint density at radius 2 is 1.73 bits per heavy atom. The summed E-state index contributed by atoms with van der Waals surface area (Å²) in [4.78, 5) is 2.31. The molecule has 0 radical (unpaired) electrons. The van der Waals surface area contributed by atoms with Crippen LogP contribution in [0.25, 0.3) is 0 Å². The topological polar surface area (TPSA) is 49.5 Å². The molecular weight excluding hydrogens is 188 g/mol. The predicted octanol–water partition coefficient (Wildman–Crippen LogP) is 1.45. The van der Waals surface area contributed by atoms with Gasteiger partial charge in [0, 0.05) is 18.6 Å². The molecule has 0 bridgehead atoms. The highest BCUT2D eigenvalue weighted by atomic mass is 16.3. The van der Waals surface area contributed by atoms with Crippen molar-refractivity contribution in [3.8, 4) is 0 Å². The van der Waals surface area contributed by atoms with Gasteiger partial charge in [0.15, 0.2) is 0 Å². The molecule has 3 heteroatoms. The smallest absolute Gasteiger partial charge is 0.0756 e. The molecule has 3 nitrogen and oxygen atoms in total. The Balaban J connectivity index is 4.27. The highest BCUT2D eigenvalue weighted by Crippen LogP contribution is 2.18. The van der Waals surface area contributed by atoms with Crippen molar-refractivity contribution in [2.75, 3.05) is 13.6 Å². The van der Waals surface area contributed by atoms with E-state index >= 15 is 0 Å². The quantitative estimate of drug-likeness (QED) is 0.706. The Bertz CT molecular complexity index is 180. The minimum atomic E-state index is -0.746. The molecule has 3 unspecified atom stereocenters. The number of rotatable bonds is 6. The molecule has 92 valence electrons. The van der Waals surface area contributed by atoms with E-state index in [2.05, 4.69) is 39.6 Å².